The van der Waals surface area contributed by atoms with Crippen LogP contribution in [0.25, 0.3) is 5.69 Å². The van der Waals surface area contributed by atoms with Gasteiger partial charge in [-0.25, -0.2) is 4.68 Å². The number of para-hydroxylation sites is 1. The zero-order valence-corrected chi connectivity index (χ0v) is 13.0. The van der Waals surface area contributed by atoms with Gasteiger partial charge in [0.05, 0.1) is 17.4 Å². The molecule has 1 aliphatic rings. The second kappa shape index (κ2) is 6.44. The van der Waals surface area contributed by atoms with Gasteiger partial charge in [-0.2, -0.15) is 5.10 Å². The second-order valence-electron chi connectivity index (χ2n) is 6.29. The molecule has 1 aromatic heterocycles. The van der Waals surface area contributed by atoms with Gasteiger partial charge in [0.15, 0.2) is 0 Å². The van der Waals surface area contributed by atoms with E-state index in [1.165, 1.54) is 31.4 Å². The third-order valence-corrected chi connectivity index (χ3v) is 4.83. The van der Waals surface area contributed by atoms with Crippen molar-refractivity contribution in [3.63, 3.8) is 0 Å². The van der Waals surface area contributed by atoms with Crippen LogP contribution in [0.1, 0.15) is 44.3 Å². The monoisotopic (exact) mass is 283 g/mol. The van der Waals surface area contributed by atoms with Crippen LogP contribution in [0, 0.1) is 11.8 Å². The molecule has 1 fully saturated rings. The number of benzene rings is 1. The summed E-state index contributed by atoms with van der Waals surface area (Å²) in [7, 11) is 2.07. The molecular weight excluding hydrogens is 258 g/mol. The molecule has 1 saturated carbocycles. The largest absolute Gasteiger partial charge is 0.311 e. The Kier molecular flexibility index (Phi) is 4.39. The zero-order chi connectivity index (χ0) is 14.7. The highest BCUT2D eigenvalue weighted by Crippen LogP contribution is 2.36. The lowest BCUT2D eigenvalue weighted by molar-refractivity contribution is 0.233. The molecule has 0 spiro atoms. The third-order valence-electron chi connectivity index (χ3n) is 4.83. The van der Waals surface area contributed by atoms with Crippen molar-refractivity contribution in [2.75, 3.05) is 7.05 Å². The number of aromatic nitrogens is 2. The normalized spacial score (nSPS) is 23.9. The smallest absolute Gasteiger partial charge is 0.0649 e. The Morgan fingerprint density at radius 2 is 1.81 bits per heavy atom. The second-order valence-corrected chi connectivity index (χ2v) is 6.29. The molecule has 1 aromatic carbocycles. The number of nitrogens with one attached hydrogen (secondary N) is 1. The van der Waals surface area contributed by atoms with Gasteiger partial charge in [-0.3, -0.25) is 0 Å². The van der Waals surface area contributed by atoms with Crippen molar-refractivity contribution in [1.82, 2.24) is 15.1 Å². The van der Waals surface area contributed by atoms with Gasteiger partial charge in [-0.1, -0.05) is 38.0 Å². The van der Waals surface area contributed by atoms with Crippen LogP contribution in [0.5, 0.6) is 0 Å². The topological polar surface area (TPSA) is 29.9 Å². The highest BCUT2D eigenvalue weighted by Gasteiger charge is 2.28. The maximum atomic E-state index is 4.54. The minimum absolute atomic E-state index is 0.389. The zero-order valence-electron chi connectivity index (χ0n) is 13.0. The van der Waals surface area contributed by atoms with Gasteiger partial charge < -0.3 is 5.32 Å². The van der Waals surface area contributed by atoms with Crippen LogP contribution in [0.4, 0.5) is 0 Å². The van der Waals surface area contributed by atoms with Gasteiger partial charge in [0.2, 0.25) is 0 Å². The molecule has 0 radical (unpaired) electrons. The van der Waals surface area contributed by atoms with E-state index in [-0.39, 0.29) is 0 Å². The minimum atomic E-state index is 0.389. The lowest BCUT2D eigenvalue weighted by Crippen LogP contribution is -2.30. The van der Waals surface area contributed by atoms with Gasteiger partial charge in [0, 0.05) is 6.20 Å². The van der Waals surface area contributed by atoms with Gasteiger partial charge in [0.1, 0.15) is 0 Å². The summed E-state index contributed by atoms with van der Waals surface area (Å²) < 4.78 is 2.08. The van der Waals surface area contributed by atoms with E-state index in [0.717, 1.165) is 11.6 Å². The van der Waals surface area contributed by atoms with Crippen LogP contribution >= 0.6 is 0 Å². The van der Waals surface area contributed by atoms with E-state index in [1.54, 1.807) is 0 Å². The van der Waals surface area contributed by atoms with E-state index in [2.05, 4.69) is 59.4 Å². The van der Waals surface area contributed by atoms with Crippen molar-refractivity contribution >= 4 is 0 Å². The van der Waals surface area contributed by atoms with Crippen LogP contribution in [0.15, 0.2) is 42.6 Å². The van der Waals surface area contributed by atoms with E-state index in [1.807, 2.05) is 12.3 Å². The number of rotatable bonds is 4. The quantitative estimate of drug-likeness (QED) is 0.920. The molecule has 21 heavy (non-hydrogen) atoms. The third kappa shape index (κ3) is 3.03. The lowest BCUT2D eigenvalue weighted by atomic mass is 9.78. The maximum Gasteiger partial charge on any atom is 0.0649 e. The Bertz CT molecular complexity index is 553. The Hall–Kier alpha value is -1.61. The molecule has 3 heteroatoms. The fourth-order valence-corrected chi connectivity index (χ4v) is 3.58. The number of hydrogen-bond acceptors (Lipinski definition) is 2. The van der Waals surface area contributed by atoms with Crippen LogP contribution in [-0.4, -0.2) is 16.8 Å². The fourth-order valence-electron chi connectivity index (χ4n) is 3.58. The molecule has 2 aromatic rings. The molecule has 3 rings (SSSR count). The van der Waals surface area contributed by atoms with Crippen molar-refractivity contribution in [3.8, 4) is 5.69 Å². The van der Waals surface area contributed by atoms with Crippen molar-refractivity contribution in [3.05, 3.63) is 48.3 Å². The van der Waals surface area contributed by atoms with Gasteiger partial charge in [-0.15, -0.1) is 0 Å². The Labute approximate surface area is 127 Å². The van der Waals surface area contributed by atoms with E-state index in [9.17, 15) is 0 Å². The first-order valence-corrected chi connectivity index (χ1v) is 8.06. The standard InChI is InChI=1S/C18H25N3/c1-14-8-10-15(11-9-14)18(19-2)17-12-13-20-21(17)16-6-4-3-5-7-16/h3-7,12-15,18-19H,8-11H2,1-2H3. The maximum absolute atomic E-state index is 4.54. The summed E-state index contributed by atoms with van der Waals surface area (Å²) in [6, 6.07) is 13.0. The van der Waals surface area contributed by atoms with Crippen LogP contribution in [0.3, 0.4) is 0 Å². The Morgan fingerprint density at radius 1 is 1.10 bits per heavy atom. The van der Waals surface area contributed by atoms with Crippen molar-refractivity contribution in [2.24, 2.45) is 11.8 Å². The highest BCUT2D eigenvalue weighted by atomic mass is 15.3. The predicted molar refractivity (Wildman–Crippen MR) is 86.5 cm³/mol. The first-order chi connectivity index (χ1) is 10.3. The average Bonchev–Trinajstić information content (AvgIpc) is 3.00. The molecule has 112 valence electrons. The molecule has 1 N–H and O–H groups in total. The first-order valence-electron chi connectivity index (χ1n) is 8.06. The predicted octanol–water partition coefficient (Wildman–Crippen LogP) is 3.96. The van der Waals surface area contributed by atoms with Crippen molar-refractivity contribution in [1.29, 1.82) is 0 Å². The van der Waals surface area contributed by atoms with Gasteiger partial charge in [-0.05, 0) is 49.9 Å². The Balaban J connectivity index is 1.87. The summed E-state index contributed by atoms with van der Waals surface area (Å²) in [5, 5.41) is 8.08. The van der Waals surface area contributed by atoms with E-state index in [4.69, 9.17) is 0 Å². The Morgan fingerprint density at radius 3 is 2.48 bits per heavy atom. The summed E-state index contributed by atoms with van der Waals surface area (Å²) in [4.78, 5) is 0. The first kappa shape index (κ1) is 14.3. The van der Waals surface area contributed by atoms with Crippen molar-refractivity contribution in [2.45, 2.75) is 38.6 Å². The highest BCUT2D eigenvalue weighted by molar-refractivity contribution is 5.33. The lowest BCUT2D eigenvalue weighted by Gasteiger charge is -2.32. The van der Waals surface area contributed by atoms with E-state index < -0.39 is 0 Å². The summed E-state index contributed by atoms with van der Waals surface area (Å²) >= 11 is 0. The summed E-state index contributed by atoms with van der Waals surface area (Å²) in [5.41, 5.74) is 2.42. The van der Waals surface area contributed by atoms with Crippen LogP contribution < -0.4 is 5.32 Å². The molecule has 0 bridgehead atoms. The molecule has 0 aliphatic heterocycles. The van der Waals surface area contributed by atoms with Crippen molar-refractivity contribution < 1.29 is 0 Å². The molecular formula is C18H25N3. The molecule has 1 aliphatic carbocycles. The molecule has 0 amide bonds. The van der Waals surface area contributed by atoms with Gasteiger partial charge >= 0.3 is 0 Å². The molecule has 1 heterocycles. The molecule has 3 nitrogen and oxygen atoms in total. The number of nitrogens with zero attached hydrogens (tertiary/aromatic N) is 2. The fraction of sp³-hybridized carbons (Fsp3) is 0.500. The van der Waals surface area contributed by atoms with Crippen LogP contribution in [-0.2, 0) is 0 Å². The molecule has 1 atom stereocenters. The van der Waals surface area contributed by atoms with Gasteiger partial charge in [0.25, 0.3) is 0 Å². The number of hydrogen-bond donors (Lipinski definition) is 1. The summed E-state index contributed by atoms with van der Waals surface area (Å²) in [6.45, 7) is 2.37. The molecule has 1 unspecified atom stereocenters. The van der Waals surface area contributed by atoms with E-state index >= 15 is 0 Å². The summed E-state index contributed by atoms with van der Waals surface area (Å²) in [5.74, 6) is 1.60. The average molecular weight is 283 g/mol. The molecule has 0 saturated heterocycles. The summed E-state index contributed by atoms with van der Waals surface area (Å²) in [6.07, 6.45) is 7.24. The minimum Gasteiger partial charge on any atom is -0.311 e. The SMILES string of the molecule is CNC(c1ccnn1-c1ccccc1)C1CCC(C)CC1. The van der Waals surface area contributed by atoms with Crippen LogP contribution in [0.2, 0.25) is 0 Å². The van der Waals surface area contributed by atoms with E-state index in [0.29, 0.717) is 12.0 Å².